The molecule has 1 aliphatic rings. The number of aryl methyl sites for hydroxylation is 1. The first-order chi connectivity index (χ1) is 17.5. The molecule has 7 nitrogen and oxygen atoms in total. The molecule has 3 aromatic carbocycles. The quantitative estimate of drug-likeness (QED) is 0.405. The lowest BCUT2D eigenvalue weighted by Crippen LogP contribution is -2.32. The maximum Gasteiger partial charge on any atom is 0.266 e. The van der Waals surface area contributed by atoms with Crippen LogP contribution in [0.2, 0.25) is 0 Å². The molecule has 0 bridgehead atoms. The highest BCUT2D eigenvalue weighted by Crippen LogP contribution is 2.34. The Kier molecular flexibility index (Phi) is 8.54. The molecule has 0 spiro atoms. The number of aliphatic imine (C=N–C) groups is 1. The van der Waals surface area contributed by atoms with Crippen LogP contribution in [0.25, 0.3) is 6.08 Å². The molecule has 4 rings (SSSR count). The number of nitrogens with zero attached hydrogens (tertiary/aromatic N) is 2. The van der Waals surface area contributed by atoms with Crippen LogP contribution in [-0.2, 0) is 14.3 Å². The van der Waals surface area contributed by atoms with Crippen LogP contribution in [0.5, 0.6) is 5.75 Å². The van der Waals surface area contributed by atoms with Gasteiger partial charge in [0, 0.05) is 12.8 Å². The second-order valence-electron chi connectivity index (χ2n) is 8.06. The van der Waals surface area contributed by atoms with E-state index < -0.39 is 0 Å². The summed E-state index contributed by atoms with van der Waals surface area (Å²) in [6.45, 7) is 2.72. The minimum atomic E-state index is -0.237. The van der Waals surface area contributed by atoms with Crippen LogP contribution >= 0.6 is 11.8 Å². The summed E-state index contributed by atoms with van der Waals surface area (Å²) in [6.07, 6.45) is 1.83. The van der Waals surface area contributed by atoms with Crippen LogP contribution in [-0.4, -0.2) is 48.8 Å². The van der Waals surface area contributed by atoms with Crippen molar-refractivity contribution in [2.45, 2.75) is 6.92 Å². The summed E-state index contributed by atoms with van der Waals surface area (Å²) in [5, 5.41) is 3.42. The number of anilines is 1. The fraction of sp³-hybridized carbons (Fsp3) is 0.179. The van der Waals surface area contributed by atoms with Gasteiger partial charge < -0.3 is 14.8 Å². The van der Waals surface area contributed by atoms with E-state index >= 15 is 0 Å². The molecule has 1 N–H and O–H groups in total. The molecule has 1 heterocycles. The highest BCUT2D eigenvalue weighted by Gasteiger charge is 2.33. The van der Waals surface area contributed by atoms with Gasteiger partial charge in [0.15, 0.2) is 11.8 Å². The predicted molar refractivity (Wildman–Crippen MR) is 144 cm³/mol. The van der Waals surface area contributed by atoms with Crippen LogP contribution in [0.15, 0.2) is 88.8 Å². The van der Waals surface area contributed by atoms with Gasteiger partial charge in [-0.3, -0.25) is 14.5 Å². The summed E-state index contributed by atoms with van der Waals surface area (Å²) in [5.41, 5.74) is 3.48. The first kappa shape index (κ1) is 25.2. The van der Waals surface area contributed by atoms with Crippen molar-refractivity contribution in [2.75, 3.05) is 32.2 Å². The highest BCUT2D eigenvalue weighted by atomic mass is 32.2. The number of methoxy groups -OCH3 is 1. The zero-order valence-corrected chi connectivity index (χ0v) is 21.0. The zero-order valence-electron chi connectivity index (χ0n) is 20.1. The molecule has 1 saturated heterocycles. The first-order valence-corrected chi connectivity index (χ1v) is 12.3. The second kappa shape index (κ2) is 12.2. The molecule has 0 radical (unpaired) electrons. The van der Waals surface area contributed by atoms with E-state index in [0.29, 0.717) is 29.0 Å². The summed E-state index contributed by atoms with van der Waals surface area (Å²) >= 11 is 1.33. The molecule has 0 unspecified atom stereocenters. The van der Waals surface area contributed by atoms with Crippen molar-refractivity contribution >= 4 is 46.2 Å². The number of rotatable bonds is 9. The number of thioether (sulfide) groups is 1. The van der Waals surface area contributed by atoms with E-state index in [2.05, 4.69) is 10.3 Å². The Bertz CT molecular complexity index is 1260. The van der Waals surface area contributed by atoms with Crippen LogP contribution in [0.4, 0.5) is 11.4 Å². The largest absolute Gasteiger partial charge is 0.484 e. The van der Waals surface area contributed by atoms with Gasteiger partial charge in [0.2, 0.25) is 0 Å². The standard InChI is InChI=1S/C28H27N3O4S/c1-20-8-12-23(13-9-20)29-26(32)19-35-24-14-10-21(11-15-24)18-25-27(33)31(16-17-34-2)28(36-25)30-22-6-4-3-5-7-22/h3-15,18H,16-17,19H2,1-2H3,(H,29,32)/b25-18+,30-28?. The molecule has 3 aromatic rings. The Labute approximate surface area is 214 Å². The van der Waals surface area contributed by atoms with Crippen LogP contribution in [0.3, 0.4) is 0 Å². The Morgan fingerprint density at radius 2 is 1.75 bits per heavy atom. The minimum absolute atomic E-state index is 0.101. The van der Waals surface area contributed by atoms with E-state index in [-0.39, 0.29) is 18.4 Å². The Hall–Kier alpha value is -3.88. The van der Waals surface area contributed by atoms with E-state index in [1.165, 1.54) is 11.8 Å². The number of hydrogen-bond acceptors (Lipinski definition) is 6. The molecular formula is C28H27N3O4S. The number of benzene rings is 3. The van der Waals surface area contributed by atoms with Crippen molar-refractivity contribution in [2.24, 2.45) is 4.99 Å². The maximum atomic E-state index is 13.1. The number of amidine groups is 1. The fourth-order valence-electron chi connectivity index (χ4n) is 3.38. The third-order valence-electron chi connectivity index (χ3n) is 5.27. The molecule has 0 aliphatic carbocycles. The molecule has 36 heavy (non-hydrogen) atoms. The van der Waals surface area contributed by atoms with E-state index in [1.807, 2.05) is 79.7 Å². The summed E-state index contributed by atoms with van der Waals surface area (Å²) in [7, 11) is 1.61. The predicted octanol–water partition coefficient (Wildman–Crippen LogP) is 5.26. The lowest BCUT2D eigenvalue weighted by molar-refractivity contribution is -0.122. The van der Waals surface area contributed by atoms with Gasteiger partial charge in [-0.1, -0.05) is 48.0 Å². The van der Waals surface area contributed by atoms with Gasteiger partial charge in [-0.05, 0) is 66.7 Å². The minimum Gasteiger partial charge on any atom is -0.484 e. The van der Waals surface area contributed by atoms with Gasteiger partial charge in [-0.2, -0.15) is 0 Å². The lowest BCUT2D eigenvalue weighted by Gasteiger charge is -2.14. The third kappa shape index (κ3) is 6.84. The molecule has 1 aliphatic heterocycles. The molecular weight excluding hydrogens is 474 g/mol. The van der Waals surface area contributed by atoms with Crippen LogP contribution in [0, 0.1) is 6.92 Å². The molecule has 0 saturated carbocycles. The smallest absolute Gasteiger partial charge is 0.266 e. The molecule has 2 amide bonds. The molecule has 0 aromatic heterocycles. The molecule has 8 heteroatoms. The van der Waals surface area contributed by atoms with Gasteiger partial charge in [0.05, 0.1) is 23.7 Å². The van der Waals surface area contributed by atoms with Gasteiger partial charge >= 0.3 is 0 Å². The Morgan fingerprint density at radius 1 is 1.03 bits per heavy atom. The van der Waals surface area contributed by atoms with Gasteiger partial charge in [0.1, 0.15) is 5.75 Å². The third-order valence-corrected chi connectivity index (χ3v) is 6.28. The zero-order chi connectivity index (χ0) is 25.3. The number of carbonyl (C=O) groups excluding carboxylic acids is 2. The average molecular weight is 502 g/mol. The molecule has 1 fully saturated rings. The second-order valence-corrected chi connectivity index (χ2v) is 9.07. The van der Waals surface area contributed by atoms with Gasteiger partial charge in [-0.15, -0.1) is 0 Å². The van der Waals surface area contributed by atoms with Crippen LogP contribution < -0.4 is 10.1 Å². The van der Waals surface area contributed by atoms with Gasteiger partial charge in [0.25, 0.3) is 11.8 Å². The van der Waals surface area contributed by atoms with Crippen molar-refractivity contribution in [3.63, 3.8) is 0 Å². The summed E-state index contributed by atoms with van der Waals surface area (Å²) in [4.78, 5) is 32.1. The number of hydrogen-bond donors (Lipinski definition) is 1. The van der Waals surface area contributed by atoms with Gasteiger partial charge in [-0.25, -0.2) is 4.99 Å². The van der Waals surface area contributed by atoms with Crippen molar-refractivity contribution in [1.82, 2.24) is 4.90 Å². The number of carbonyl (C=O) groups is 2. The van der Waals surface area contributed by atoms with E-state index in [4.69, 9.17) is 9.47 Å². The van der Waals surface area contributed by atoms with Crippen molar-refractivity contribution in [1.29, 1.82) is 0 Å². The SMILES string of the molecule is COCCN1C(=O)/C(=C\c2ccc(OCC(=O)Nc3ccc(C)cc3)cc2)SC1=Nc1ccccc1. The normalized spacial score (nSPS) is 15.5. The Balaban J connectivity index is 1.40. The average Bonchev–Trinajstić information content (AvgIpc) is 3.17. The van der Waals surface area contributed by atoms with E-state index in [9.17, 15) is 9.59 Å². The van der Waals surface area contributed by atoms with E-state index in [1.54, 1.807) is 24.1 Å². The fourth-order valence-corrected chi connectivity index (χ4v) is 4.40. The molecule has 184 valence electrons. The van der Waals surface area contributed by atoms with Crippen molar-refractivity contribution in [3.8, 4) is 5.75 Å². The number of amides is 2. The number of para-hydroxylation sites is 1. The maximum absolute atomic E-state index is 13.1. The number of nitrogens with one attached hydrogen (secondary N) is 1. The molecule has 0 atom stereocenters. The van der Waals surface area contributed by atoms with E-state index in [0.717, 1.165) is 22.5 Å². The summed E-state index contributed by atoms with van der Waals surface area (Å²) < 4.78 is 10.8. The summed E-state index contributed by atoms with van der Waals surface area (Å²) in [5.74, 6) is 0.217. The monoisotopic (exact) mass is 501 g/mol. The number of ether oxygens (including phenoxy) is 2. The van der Waals surface area contributed by atoms with Crippen LogP contribution in [0.1, 0.15) is 11.1 Å². The highest BCUT2D eigenvalue weighted by molar-refractivity contribution is 8.18. The lowest BCUT2D eigenvalue weighted by atomic mass is 10.2. The van der Waals surface area contributed by atoms with Crippen molar-refractivity contribution in [3.05, 3.63) is 94.9 Å². The van der Waals surface area contributed by atoms with Crippen molar-refractivity contribution < 1.29 is 19.1 Å². The topological polar surface area (TPSA) is 80.2 Å². The summed E-state index contributed by atoms with van der Waals surface area (Å²) in [6, 6.07) is 24.4. The first-order valence-electron chi connectivity index (χ1n) is 11.5. The Morgan fingerprint density at radius 3 is 2.44 bits per heavy atom.